The number of pyridine rings is 1. The smallest absolute Gasteiger partial charge is 0.129 e. The van der Waals surface area contributed by atoms with Crippen molar-refractivity contribution in [3.8, 4) is 0 Å². The van der Waals surface area contributed by atoms with Crippen molar-refractivity contribution in [2.75, 3.05) is 25.1 Å². The Balaban J connectivity index is 2.01. The maximum atomic E-state index is 7.43. The van der Waals surface area contributed by atoms with Gasteiger partial charge in [0.05, 0.1) is 6.10 Å². The molecule has 0 aromatic carbocycles. The summed E-state index contributed by atoms with van der Waals surface area (Å²) in [4.78, 5) is 6.36. The molecular formula is C13H20N4O. The van der Waals surface area contributed by atoms with E-state index in [9.17, 15) is 0 Å². The SMILES string of the molecule is CN(CC1CCCCO1)c1cc(C(=N)N)ccn1. The summed E-state index contributed by atoms with van der Waals surface area (Å²) in [5.41, 5.74) is 6.18. The number of likely N-dealkylation sites (N-methyl/N-ethyl adjacent to an activating group) is 1. The zero-order chi connectivity index (χ0) is 13.0. The van der Waals surface area contributed by atoms with Crippen molar-refractivity contribution in [3.05, 3.63) is 23.9 Å². The van der Waals surface area contributed by atoms with Gasteiger partial charge in [-0.1, -0.05) is 0 Å². The average molecular weight is 248 g/mol. The molecule has 1 aliphatic heterocycles. The quantitative estimate of drug-likeness (QED) is 0.623. The van der Waals surface area contributed by atoms with Crippen LogP contribution in [0.4, 0.5) is 5.82 Å². The van der Waals surface area contributed by atoms with Crippen molar-refractivity contribution in [2.24, 2.45) is 5.73 Å². The lowest BCUT2D eigenvalue weighted by atomic mass is 10.1. The maximum absolute atomic E-state index is 7.43. The molecule has 0 amide bonds. The average Bonchev–Trinajstić information content (AvgIpc) is 2.40. The Morgan fingerprint density at radius 3 is 3.11 bits per heavy atom. The minimum atomic E-state index is 0.0703. The molecule has 1 atom stereocenters. The van der Waals surface area contributed by atoms with Crippen LogP contribution in [0.1, 0.15) is 24.8 Å². The van der Waals surface area contributed by atoms with Crippen LogP contribution in [0.25, 0.3) is 0 Å². The molecule has 2 heterocycles. The Bertz CT molecular complexity index is 415. The van der Waals surface area contributed by atoms with E-state index >= 15 is 0 Å². The number of ether oxygens (including phenoxy) is 1. The van der Waals surface area contributed by atoms with Gasteiger partial charge in [0.15, 0.2) is 0 Å². The number of aromatic nitrogens is 1. The topological polar surface area (TPSA) is 75.2 Å². The van der Waals surface area contributed by atoms with Gasteiger partial charge in [-0.15, -0.1) is 0 Å². The summed E-state index contributed by atoms with van der Waals surface area (Å²) < 4.78 is 5.71. The third-order valence-electron chi connectivity index (χ3n) is 3.20. The van der Waals surface area contributed by atoms with Crippen molar-refractivity contribution in [2.45, 2.75) is 25.4 Å². The van der Waals surface area contributed by atoms with Crippen molar-refractivity contribution >= 4 is 11.7 Å². The van der Waals surface area contributed by atoms with E-state index in [1.807, 2.05) is 13.1 Å². The molecule has 5 heteroatoms. The second-order valence-electron chi connectivity index (χ2n) is 4.69. The highest BCUT2D eigenvalue weighted by molar-refractivity contribution is 5.95. The molecule has 0 saturated carbocycles. The van der Waals surface area contributed by atoms with Gasteiger partial charge >= 0.3 is 0 Å². The number of anilines is 1. The predicted octanol–water partition coefficient (Wildman–Crippen LogP) is 1.37. The fourth-order valence-corrected chi connectivity index (χ4v) is 2.15. The molecule has 1 unspecified atom stereocenters. The molecule has 0 radical (unpaired) electrons. The van der Waals surface area contributed by atoms with Crippen molar-refractivity contribution in [1.82, 2.24) is 4.98 Å². The molecule has 1 saturated heterocycles. The largest absolute Gasteiger partial charge is 0.384 e. The highest BCUT2D eigenvalue weighted by Gasteiger charge is 2.16. The molecule has 5 nitrogen and oxygen atoms in total. The van der Waals surface area contributed by atoms with Crippen LogP contribution in [0.15, 0.2) is 18.3 Å². The van der Waals surface area contributed by atoms with Crippen LogP contribution in [0.3, 0.4) is 0 Å². The van der Waals surface area contributed by atoms with Gasteiger partial charge in [-0.25, -0.2) is 4.98 Å². The van der Waals surface area contributed by atoms with Crippen LogP contribution >= 0.6 is 0 Å². The lowest BCUT2D eigenvalue weighted by molar-refractivity contribution is 0.0215. The minimum Gasteiger partial charge on any atom is -0.384 e. The van der Waals surface area contributed by atoms with Gasteiger partial charge in [0, 0.05) is 32.0 Å². The number of nitrogens with zero attached hydrogens (tertiary/aromatic N) is 2. The van der Waals surface area contributed by atoms with E-state index in [4.69, 9.17) is 15.9 Å². The third-order valence-corrected chi connectivity index (χ3v) is 3.20. The van der Waals surface area contributed by atoms with Gasteiger partial charge in [0.2, 0.25) is 0 Å². The van der Waals surface area contributed by atoms with Crippen LogP contribution in [-0.4, -0.2) is 37.1 Å². The highest BCUT2D eigenvalue weighted by atomic mass is 16.5. The second kappa shape index (κ2) is 5.82. The molecule has 0 bridgehead atoms. The van der Waals surface area contributed by atoms with E-state index < -0.39 is 0 Å². The van der Waals surface area contributed by atoms with Gasteiger partial charge in [-0.05, 0) is 31.4 Å². The van der Waals surface area contributed by atoms with Crippen LogP contribution in [0.5, 0.6) is 0 Å². The molecule has 3 N–H and O–H groups in total. The van der Waals surface area contributed by atoms with E-state index in [1.165, 1.54) is 6.42 Å². The first kappa shape index (κ1) is 12.8. The summed E-state index contributed by atoms with van der Waals surface area (Å²) in [6, 6.07) is 3.59. The maximum Gasteiger partial charge on any atom is 0.129 e. The standard InChI is InChI=1S/C13H20N4O/c1-17(9-11-4-2-3-7-18-11)12-8-10(13(14)15)5-6-16-12/h5-6,8,11H,2-4,7,9H2,1H3,(H3,14,15). The molecule has 98 valence electrons. The normalized spacial score (nSPS) is 19.5. The molecule has 0 aliphatic carbocycles. The van der Waals surface area contributed by atoms with Crippen LogP contribution in [0.2, 0.25) is 0 Å². The monoisotopic (exact) mass is 248 g/mol. The van der Waals surface area contributed by atoms with E-state index in [2.05, 4.69) is 9.88 Å². The Kier molecular flexibility index (Phi) is 4.15. The number of hydrogen-bond donors (Lipinski definition) is 2. The Morgan fingerprint density at radius 1 is 1.61 bits per heavy atom. The van der Waals surface area contributed by atoms with Gasteiger partial charge in [0.1, 0.15) is 11.7 Å². The lowest BCUT2D eigenvalue weighted by Gasteiger charge is -2.28. The fraction of sp³-hybridized carbons (Fsp3) is 0.538. The predicted molar refractivity (Wildman–Crippen MR) is 72.1 cm³/mol. The summed E-state index contributed by atoms with van der Waals surface area (Å²) in [7, 11) is 1.99. The fourth-order valence-electron chi connectivity index (χ4n) is 2.15. The number of nitrogen functional groups attached to an aromatic ring is 1. The summed E-state index contributed by atoms with van der Waals surface area (Å²) in [6.45, 7) is 1.69. The van der Waals surface area contributed by atoms with E-state index in [1.54, 1.807) is 12.3 Å². The van der Waals surface area contributed by atoms with Crippen molar-refractivity contribution in [1.29, 1.82) is 5.41 Å². The summed E-state index contributed by atoms with van der Waals surface area (Å²) in [6.07, 6.45) is 5.48. The molecular weight excluding hydrogens is 228 g/mol. The summed E-state index contributed by atoms with van der Waals surface area (Å²) in [5, 5.41) is 7.43. The zero-order valence-electron chi connectivity index (χ0n) is 10.7. The molecule has 1 aromatic rings. The first-order valence-corrected chi connectivity index (χ1v) is 6.30. The van der Waals surface area contributed by atoms with Crippen LogP contribution in [0, 0.1) is 5.41 Å². The van der Waals surface area contributed by atoms with E-state index in [0.29, 0.717) is 5.56 Å². The number of hydrogen-bond acceptors (Lipinski definition) is 4. The zero-order valence-corrected chi connectivity index (χ0v) is 10.7. The molecule has 18 heavy (non-hydrogen) atoms. The first-order valence-electron chi connectivity index (χ1n) is 6.30. The van der Waals surface area contributed by atoms with Crippen molar-refractivity contribution in [3.63, 3.8) is 0 Å². The molecule has 1 fully saturated rings. The van der Waals surface area contributed by atoms with Gasteiger partial charge in [-0.2, -0.15) is 0 Å². The third kappa shape index (κ3) is 3.20. The number of nitrogens with one attached hydrogen (secondary N) is 1. The Morgan fingerprint density at radius 2 is 2.44 bits per heavy atom. The first-order chi connectivity index (χ1) is 8.66. The van der Waals surface area contributed by atoms with Gasteiger partial charge in [0.25, 0.3) is 0 Å². The summed E-state index contributed by atoms with van der Waals surface area (Å²) >= 11 is 0. The molecule has 2 rings (SSSR count). The van der Waals surface area contributed by atoms with Gasteiger partial charge in [-0.3, -0.25) is 5.41 Å². The molecule has 1 aromatic heterocycles. The van der Waals surface area contributed by atoms with Crippen molar-refractivity contribution < 1.29 is 4.74 Å². The number of rotatable bonds is 4. The number of amidine groups is 1. The number of nitrogens with two attached hydrogens (primary N) is 1. The summed E-state index contributed by atoms with van der Waals surface area (Å²) in [5.74, 6) is 0.901. The molecule has 1 aliphatic rings. The van der Waals surface area contributed by atoms with Crippen LogP contribution in [-0.2, 0) is 4.74 Å². The Labute approximate surface area is 107 Å². The Hall–Kier alpha value is -1.62. The van der Waals surface area contributed by atoms with E-state index in [-0.39, 0.29) is 11.9 Å². The molecule has 0 spiro atoms. The minimum absolute atomic E-state index is 0.0703. The van der Waals surface area contributed by atoms with E-state index in [0.717, 1.165) is 31.8 Å². The lowest BCUT2D eigenvalue weighted by Crippen LogP contribution is -2.33. The second-order valence-corrected chi connectivity index (χ2v) is 4.69. The van der Waals surface area contributed by atoms with Gasteiger partial charge < -0.3 is 15.4 Å². The van der Waals surface area contributed by atoms with Crippen LogP contribution < -0.4 is 10.6 Å². The highest BCUT2D eigenvalue weighted by Crippen LogP contribution is 2.17.